The summed E-state index contributed by atoms with van der Waals surface area (Å²) < 4.78 is 37.3. The topological polar surface area (TPSA) is 71.6 Å². The van der Waals surface area contributed by atoms with Gasteiger partial charge in [0.1, 0.15) is 0 Å². The van der Waals surface area contributed by atoms with E-state index in [2.05, 4.69) is 28.1 Å². The van der Waals surface area contributed by atoms with Crippen molar-refractivity contribution in [1.82, 2.24) is 10.6 Å². The smallest absolute Gasteiger partial charge is 0.319 e. The third kappa shape index (κ3) is 4.17. The van der Waals surface area contributed by atoms with Gasteiger partial charge in [0.25, 0.3) is 0 Å². The summed E-state index contributed by atoms with van der Waals surface area (Å²) >= 11 is 0. The third-order valence-electron chi connectivity index (χ3n) is 6.56. The average Bonchev–Trinajstić information content (AvgIpc) is 3.20. The van der Waals surface area contributed by atoms with Crippen molar-refractivity contribution in [1.29, 1.82) is 0 Å². The van der Waals surface area contributed by atoms with Gasteiger partial charge in [0.15, 0.2) is 23.1 Å². The molecule has 0 spiro atoms. The maximum atomic E-state index is 13.4. The van der Waals surface area contributed by atoms with Crippen molar-refractivity contribution in [2.75, 3.05) is 26.1 Å². The Morgan fingerprint density at radius 3 is 2.61 bits per heavy atom. The van der Waals surface area contributed by atoms with E-state index in [0.29, 0.717) is 11.5 Å². The van der Waals surface area contributed by atoms with E-state index in [9.17, 15) is 13.6 Å². The Bertz CT molecular complexity index is 971. The molecular formula is C23H27F2N3O3. The number of halogens is 2. The predicted molar refractivity (Wildman–Crippen MR) is 114 cm³/mol. The maximum absolute atomic E-state index is 13.4. The summed E-state index contributed by atoms with van der Waals surface area (Å²) in [5.41, 5.74) is 1.41. The molecule has 4 rings (SSSR count). The van der Waals surface area contributed by atoms with Crippen LogP contribution < -0.4 is 25.4 Å². The van der Waals surface area contributed by atoms with Gasteiger partial charge >= 0.3 is 6.03 Å². The number of carbonyl (C=O) groups excluding carboxylic acids is 1. The molecule has 2 aromatic carbocycles. The lowest BCUT2D eigenvalue weighted by Crippen LogP contribution is -2.52. The van der Waals surface area contributed by atoms with Gasteiger partial charge in [-0.05, 0) is 62.1 Å². The van der Waals surface area contributed by atoms with Gasteiger partial charge in [0, 0.05) is 29.3 Å². The Labute approximate surface area is 180 Å². The number of methoxy groups -OCH3 is 2. The second kappa shape index (κ2) is 8.70. The van der Waals surface area contributed by atoms with Crippen LogP contribution in [0.5, 0.6) is 11.5 Å². The van der Waals surface area contributed by atoms with Crippen molar-refractivity contribution in [3.63, 3.8) is 0 Å². The molecule has 0 radical (unpaired) electrons. The lowest BCUT2D eigenvalue weighted by atomic mass is 9.65. The van der Waals surface area contributed by atoms with E-state index >= 15 is 0 Å². The van der Waals surface area contributed by atoms with Crippen LogP contribution in [0.2, 0.25) is 0 Å². The summed E-state index contributed by atoms with van der Waals surface area (Å²) in [6, 6.07) is 9.17. The number of urea groups is 1. The molecule has 6 nitrogen and oxygen atoms in total. The molecular weight excluding hydrogens is 404 g/mol. The first-order chi connectivity index (χ1) is 14.9. The van der Waals surface area contributed by atoms with Crippen LogP contribution in [0.25, 0.3) is 0 Å². The zero-order chi connectivity index (χ0) is 22.0. The molecule has 166 valence electrons. The highest BCUT2D eigenvalue weighted by Crippen LogP contribution is 2.47. The van der Waals surface area contributed by atoms with Crippen LogP contribution in [0.1, 0.15) is 31.2 Å². The minimum Gasteiger partial charge on any atom is -0.493 e. The first kappa shape index (κ1) is 21.4. The van der Waals surface area contributed by atoms with Crippen molar-refractivity contribution >= 4 is 11.7 Å². The van der Waals surface area contributed by atoms with Gasteiger partial charge in [-0.15, -0.1) is 0 Å². The number of carbonyl (C=O) groups is 1. The number of amides is 2. The first-order valence-electron chi connectivity index (χ1n) is 10.4. The number of hydrogen-bond donors (Lipinski definition) is 3. The van der Waals surface area contributed by atoms with Gasteiger partial charge in [-0.25, -0.2) is 13.6 Å². The molecule has 1 saturated heterocycles. The lowest BCUT2D eigenvalue weighted by Gasteiger charge is -2.43. The normalized spacial score (nSPS) is 24.9. The quantitative estimate of drug-likeness (QED) is 0.670. The minimum atomic E-state index is -0.995. The van der Waals surface area contributed by atoms with E-state index in [1.165, 1.54) is 11.6 Å². The SMILES string of the molecule is COc1ccc([C@]23CCN[C@@H]2C[C@@H](NC(=O)Nc2ccc(F)c(F)c2)CC3)cc1OC. The molecule has 2 fully saturated rings. The van der Waals surface area contributed by atoms with Crippen LogP contribution in [0, 0.1) is 11.6 Å². The fourth-order valence-corrected chi connectivity index (χ4v) is 4.97. The maximum Gasteiger partial charge on any atom is 0.319 e. The number of hydrogen-bond acceptors (Lipinski definition) is 4. The average molecular weight is 431 g/mol. The highest BCUT2D eigenvalue weighted by Gasteiger charge is 2.48. The second-order valence-corrected chi connectivity index (χ2v) is 8.18. The van der Waals surface area contributed by atoms with Gasteiger partial charge < -0.3 is 25.4 Å². The number of nitrogens with one attached hydrogen (secondary N) is 3. The Morgan fingerprint density at radius 2 is 1.87 bits per heavy atom. The van der Waals surface area contributed by atoms with Crippen molar-refractivity contribution < 1.29 is 23.0 Å². The monoisotopic (exact) mass is 431 g/mol. The fourth-order valence-electron chi connectivity index (χ4n) is 4.97. The zero-order valence-corrected chi connectivity index (χ0v) is 17.6. The van der Waals surface area contributed by atoms with E-state index in [1.54, 1.807) is 14.2 Å². The molecule has 1 heterocycles. The molecule has 2 aliphatic rings. The minimum absolute atomic E-state index is 0.0193. The van der Waals surface area contributed by atoms with E-state index in [-0.39, 0.29) is 23.2 Å². The van der Waals surface area contributed by atoms with Crippen molar-refractivity contribution in [3.05, 3.63) is 53.6 Å². The van der Waals surface area contributed by atoms with Gasteiger partial charge in [-0.3, -0.25) is 0 Å². The van der Waals surface area contributed by atoms with Gasteiger partial charge in [-0.2, -0.15) is 0 Å². The molecule has 2 aromatic rings. The number of anilines is 1. The summed E-state index contributed by atoms with van der Waals surface area (Å²) in [5.74, 6) is -0.525. The largest absolute Gasteiger partial charge is 0.493 e. The molecule has 3 atom stereocenters. The lowest BCUT2D eigenvalue weighted by molar-refractivity contribution is 0.213. The number of rotatable bonds is 5. The van der Waals surface area contributed by atoms with Gasteiger partial charge in [-0.1, -0.05) is 6.07 Å². The van der Waals surface area contributed by atoms with Gasteiger partial charge in [0.2, 0.25) is 0 Å². The zero-order valence-electron chi connectivity index (χ0n) is 17.6. The molecule has 1 saturated carbocycles. The van der Waals surface area contributed by atoms with E-state index < -0.39 is 17.7 Å². The molecule has 0 unspecified atom stereocenters. The second-order valence-electron chi connectivity index (χ2n) is 8.18. The summed E-state index contributed by atoms with van der Waals surface area (Å²) in [4.78, 5) is 12.4. The molecule has 31 heavy (non-hydrogen) atoms. The van der Waals surface area contributed by atoms with Crippen molar-refractivity contribution in [2.24, 2.45) is 0 Å². The number of benzene rings is 2. The number of fused-ring (bicyclic) bond motifs is 1. The van der Waals surface area contributed by atoms with Crippen LogP contribution >= 0.6 is 0 Å². The van der Waals surface area contributed by atoms with Crippen LogP contribution in [0.4, 0.5) is 19.3 Å². The highest BCUT2D eigenvalue weighted by molar-refractivity contribution is 5.89. The van der Waals surface area contributed by atoms with Crippen LogP contribution in [-0.2, 0) is 5.41 Å². The molecule has 1 aliphatic carbocycles. The van der Waals surface area contributed by atoms with Crippen molar-refractivity contribution in [2.45, 2.75) is 43.2 Å². The predicted octanol–water partition coefficient (Wildman–Crippen LogP) is 3.96. The van der Waals surface area contributed by atoms with E-state index in [0.717, 1.165) is 44.4 Å². The van der Waals surface area contributed by atoms with Crippen LogP contribution in [0.15, 0.2) is 36.4 Å². The number of ether oxygens (including phenoxy) is 2. The molecule has 8 heteroatoms. The van der Waals surface area contributed by atoms with E-state index in [1.807, 2.05) is 6.07 Å². The summed E-state index contributed by atoms with van der Waals surface area (Å²) in [6.07, 6.45) is 3.52. The highest BCUT2D eigenvalue weighted by atomic mass is 19.2. The molecule has 2 amide bonds. The van der Waals surface area contributed by atoms with Crippen LogP contribution in [0.3, 0.4) is 0 Å². The van der Waals surface area contributed by atoms with E-state index in [4.69, 9.17) is 9.47 Å². The molecule has 0 aromatic heterocycles. The van der Waals surface area contributed by atoms with Gasteiger partial charge in [0.05, 0.1) is 14.2 Å². The molecule has 1 aliphatic heterocycles. The van der Waals surface area contributed by atoms with Crippen LogP contribution in [-0.4, -0.2) is 38.9 Å². The van der Waals surface area contributed by atoms with Crippen molar-refractivity contribution in [3.8, 4) is 11.5 Å². The molecule has 0 bridgehead atoms. The Hall–Kier alpha value is -2.87. The standard InChI is InChI=1S/C23H27F2N3O3/c1-30-19-6-3-14(11-20(19)31-2)23-8-7-16(13-21(23)26-10-9-23)28-22(29)27-15-4-5-17(24)18(25)12-15/h3-6,11-12,16,21,26H,7-10,13H2,1-2H3,(H2,27,28,29)/t16-,21+,23-/m0/s1. The fraction of sp³-hybridized carbons (Fsp3) is 0.435. The summed E-state index contributed by atoms with van der Waals surface area (Å²) in [5, 5.41) is 9.15. The summed E-state index contributed by atoms with van der Waals surface area (Å²) in [7, 11) is 3.26. The Kier molecular flexibility index (Phi) is 6.00. The first-order valence-corrected chi connectivity index (χ1v) is 10.4. The molecule has 3 N–H and O–H groups in total. The Balaban J connectivity index is 1.43. The third-order valence-corrected chi connectivity index (χ3v) is 6.56. The summed E-state index contributed by atoms with van der Waals surface area (Å²) in [6.45, 7) is 0.910. The Morgan fingerprint density at radius 1 is 1.06 bits per heavy atom.